The number of carbonyl (C=O) groups excluding carboxylic acids is 1. The zero-order valence-electron chi connectivity index (χ0n) is 11.6. The van der Waals surface area contributed by atoms with Crippen molar-refractivity contribution < 1.29 is 9.53 Å². The van der Waals surface area contributed by atoms with Gasteiger partial charge in [0, 0.05) is 19.3 Å². The van der Waals surface area contributed by atoms with E-state index in [0.717, 1.165) is 11.3 Å². The van der Waals surface area contributed by atoms with Crippen LogP contribution in [0, 0.1) is 6.92 Å². The third kappa shape index (κ3) is 3.47. The fourth-order valence-electron chi connectivity index (χ4n) is 1.93. The quantitative estimate of drug-likeness (QED) is 0.808. The van der Waals surface area contributed by atoms with Crippen molar-refractivity contribution in [3.05, 3.63) is 29.8 Å². The summed E-state index contributed by atoms with van der Waals surface area (Å²) in [6.45, 7) is 6.26. The van der Waals surface area contributed by atoms with Crippen molar-refractivity contribution in [1.82, 2.24) is 0 Å². The third-order valence-corrected chi connectivity index (χ3v) is 2.83. The van der Waals surface area contributed by atoms with Gasteiger partial charge in [0.25, 0.3) is 0 Å². The number of anilines is 1. The van der Waals surface area contributed by atoms with Gasteiger partial charge < -0.3 is 15.4 Å². The van der Waals surface area contributed by atoms with Crippen molar-refractivity contribution in [3.8, 4) is 0 Å². The number of rotatable bonds is 5. The highest BCUT2D eigenvalue weighted by Gasteiger charge is 2.31. The Bertz CT molecular complexity index is 416. The molecule has 0 saturated carbocycles. The number of esters is 1. The number of nitrogens with two attached hydrogens (primary N) is 1. The Balaban J connectivity index is 2.78. The number of para-hydroxylation sites is 1. The number of likely N-dealkylation sites (N-methyl/N-ethyl adjacent to an activating group) is 1. The number of benzene rings is 1. The van der Waals surface area contributed by atoms with E-state index in [0.29, 0.717) is 13.2 Å². The molecule has 0 amide bonds. The lowest BCUT2D eigenvalue weighted by Gasteiger charge is -2.30. The van der Waals surface area contributed by atoms with Gasteiger partial charge in [0.2, 0.25) is 0 Å². The maximum Gasteiger partial charge on any atom is 0.327 e. The zero-order chi connectivity index (χ0) is 13.8. The molecule has 1 rings (SSSR count). The van der Waals surface area contributed by atoms with E-state index in [2.05, 4.69) is 0 Å². The van der Waals surface area contributed by atoms with Gasteiger partial charge in [0.15, 0.2) is 0 Å². The molecule has 1 aromatic rings. The normalized spacial score (nSPS) is 13.8. The summed E-state index contributed by atoms with van der Waals surface area (Å²) in [5.74, 6) is -0.370. The Morgan fingerprint density at radius 2 is 2.06 bits per heavy atom. The molecule has 0 aliphatic carbocycles. The highest BCUT2D eigenvalue weighted by atomic mass is 16.5. The second-order valence-corrected chi connectivity index (χ2v) is 4.78. The van der Waals surface area contributed by atoms with Crippen LogP contribution < -0.4 is 10.6 Å². The lowest BCUT2D eigenvalue weighted by Crippen LogP contribution is -2.54. The molecule has 0 bridgehead atoms. The van der Waals surface area contributed by atoms with Gasteiger partial charge in [0.05, 0.1) is 6.61 Å². The molecule has 18 heavy (non-hydrogen) atoms. The summed E-state index contributed by atoms with van der Waals surface area (Å²) < 4.78 is 4.98. The molecule has 1 unspecified atom stereocenters. The summed E-state index contributed by atoms with van der Waals surface area (Å²) in [5, 5.41) is 0. The predicted octanol–water partition coefficient (Wildman–Crippen LogP) is 1.71. The fraction of sp³-hybridized carbons (Fsp3) is 0.500. The third-order valence-electron chi connectivity index (χ3n) is 2.83. The maximum atomic E-state index is 11.7. The topological polar surface area (TPSA) is 55.6 Å². The molecule has 0 heterocycles. The molecule has 0 aromatic heterocycles. The number of hydrogen-bond acceptors (Lipinski definition) is 4. The Hall–Kier alpha value is -1.55. The minimum absolute atomic E-state index is 0.347. The molecule has 0 radical (unpaired) electrons. The van der Waals surface area contributed by atoms with E-state index in [-0.39, 0.29) is 5.97 Å². The van der Waals surface area contributed by atoms with E-state index in [1.54, 1.807) is 13.8 Å². The number of ether oxygens (including phenoxy) is 1. The fourth-order valence-corrected chi connectivity index (χ4v) is 1.93. The van der Waals surface area contributed by atoms with Gasteiger partial charge in [-0.15, -0.1) is 0 Å². The minimum Gasteiger partial charge on any atom is -0.465 e. The highest BCUT2D eigenvalue weighted by molar-refractivity contribution is 5.81. The number of aryl methyl sites for hydroxylation is 1. The van der Waals surface area contributed by atoms with Crippen molar-refractivity contribution in [2.24, 2.45) is 5.73 Å². The number of hydrogen-bond donors (Lipinski definition) is 1. The standard InChI is InChI=1S/C14H22N2O2/c1-5-18-13(17)14(3,15)10-16(4)12-9-7-6-8-11(12)2/h6-9H,5,10,15H2,1-4H3. The van der Waals surface area contributed by atoms with Gasteiger partial charge in [-0.25, -0.2) is 4.79 Å². The van der Waals surface area contributed by atoms with Crippen molar-refractivity contribution >= 4 is 11.7 Å². The minimum atomic E-state index is -1.01. The molecule has 100 valence electrons. The first-order chi connectivity index (χ1) is 8.38. The van der Waals surface area contributed by atoms with Crippen molar-refractivity contribution in [2.45, 2.75) is 26.3 Å². The second-order valence-electron chi connectivity index (χ2n) is 4.78. The number of nitrogens with zero attached hydrogens (tertiary/aromatic N) is 1. The first-order valence-corrected chi connectivity index (χ1v) is 6.11. The molecule has 0 spiro atoms. The second kappa shape index (κ2) is 5.87. The van der Waals surface area contributed by atoms with E-state index in [4.69, 9.17) is 10.5 Å². The lowest BCUT2D eigenvalue weighted by molar-refractivity contribution is -0.148. The zero-order valence-corrected chi connectivity index (χ0v) is 11.6. The molecule has 4 nitrogen and oxygen atoms in total. The van der Waals surface area contributed by atoms with Crippen molar-refractivity contribution in [2.75, 3.05) is 25.1 Å². The highest BCUT2D eigenvalue weighted by Crippen LogP contribution is 2.19. The molecule has 0 aliphatic rings. The van der Waals surface area contributed by atoms with E-state index in [9.17, 15) is 4.79 Å². The largest absolute Gasteiger partial charge is 0.465 e. The van der Waals surface area contributed by atoms with Gasteiger partial charge >= 0.3 is 5.97 Å². The Morgan fingerprint density at radius 1 is 1.44 bits per heavy atom. The molecule has 1 aromatic carbocycles. The molecular weight excluding hydrogens is 228 g/mol. The van der Waals surface area contributed by atoms with Crippen LogP contribution in [0.5, 0.6) is 0 Å². The molecule has 0 aliphatic heterocycles. The molecule has 4 heteroatoms. The Labute approximate surface area is 109 Å². The summed E-state index contributed by atoms with van der Waals surface area (Å²) >= 11 is 0. The van der Waals surface area contributed by atoms with Crippen LogP contribution in [-0.4, -0.2) is 31.7 Å². The summed E-state index contributed by atoms with van der Waals surface area (Å²) in [4.78, 5) is 13.7. The summed E-state index contributed by atoms with van der Waals surface area (Å²) in [5.41, 5.74) is 7.23. The molecule has 1 atom stereocenters. The van der Waals surface area contributed by atoms with E-state index in [1.807, 2.05) is 43.1 Å². The maximum absolute atomic E-state index is 11.7. The van der Waals surface area contributed by atoms with Gasteiger partial charge in [-0.2, -0.15) is 0 Å². The van der Waals surface area contributed by atoms with Crippen LogP contribution in [0.15, 0.2) is 24.3 Å². The lowest BCUT2D eigenvalue weighted by atomic mass is 10.0. The molecular formula is C14H22N2O2. The average molecular weight is 250 g/mol. The monoisotopic (exact) mass is 250 g/mol. The van der Waals surface area contributed by atoms with Crippen molar-refractivity contribution in [3.63, 3.8) is 0 Å². The summed E-state index contributed by atoms with van der Waals surface area (Å²) in [6.07, 6.45) is 0. The SMILES string of the molecule is CCOC(=O)C(C)(N)CN(C)c1ccccc1C. The Kier molecular flexibility index (Phi) is 4.73. The first-order valence-electron chi connectivity index (χ1n) is 6.11. The van der Waals surface area contributed by atoms with E-state index < -0.39 is 5.54 Å². The van der Waals surface area contributed by atoms with E-state index in [1.165, 1.54) is 0 Å². The van der Waals surface area contributed by atoms with Gasteiger partial charge in [0.1, 0.15) is 5.54 Å². The number of carbonyl (C=O) groups is 1. The Morgan fingerprint density at radius 3 is 2.61 bits per heavy atom. The van der Waals surface area contributed by atoms with Gasteiger partial charge in [-0.1, -0.05) is 18.2 Å². The van der Waals surface area contributed by atoms with Crippen LogP contribution in [0.4, 0.5) is 5.69 Å². The van der Waals surface area contributed by atoms with Crippen LogP contribution in [0.3, 0.4) is 0 Å². The molecule has 0 saturated heterocycles. The van der Waals surface area contributed by atoms with Crippen LogP contribution in [-0.2, 0) is 9.53 Å². The summed E-state index contributed by atoms with van der Waals surface area (Å²) in [7, 11) is 1.92. The van der Waals surface area contributed by atoms with Gasteiger partial charge in [-0.05, 0) is 32.4 Å². The average Bonchev–Trinajstić information content (AvgIpc) is 2.29. The van der Waals surface area contributed by atoms with Gasteiger partial charge in [-0.3, -0.25) is 0 Å². The van der Waals surface area contributed by atoms with Crippen molar-refractivity contribution in [1.29, 1.82) is 0 Å². The van der Waals surface area contributed by atoms with Crippen LogP contribution in [0.1, 0.15) is 19.4 Å². The van der Waals surface area contributed by atoms with Crippen LogP contribution in [0.25, 0.3) is 0 Å². The summed E-state index contributed by atoms with van der Waals surface area (Å²) in [6, 6.07) is 8.00. The molecule has 0 fully saturated rings. The first kappa shape index (κ1) is 14.5. The molecule has 2 N–H and O–H groups in total. The smallest absolute Gasteiger partial charge is 0.327 e. The van der Waals surface area contributed by atoms with Crippen LogP contribution >= 0.6 is 0 Å². The predicted molar refractivity (Wildman–Crippen MR) is 73.7 cm³/mol. The van der Waals surface area contributed by atoms with E-state index >= 15 is 0 Å². The van der Waals surface area contributed by atoms with Crippen LogP contribution in [0.2, 0.25) is 0 Å².